The molecule has 98 valence electrons. The number of hydrogen-bond acceptors (Lipinski definition) is 5. The molecule has 0 saturated heterocycles. The van der Waals surface area contributed by atoms with Crippen LogP contribution in [0.15, 0.2) is 18.3 Å². The number of nitrogens with one attached hydrogen (secondary N) is 1. The summed E-state index contributed by atoms with van der Waals surface area (Å²) in [4.78, 5) is 20.8. The molecule has 0 saturated carbocycles. The van der Waals surface area contributed by atoms with Gasteiger partial charge in [-0.3, -0.25) is 9.78 Å². The highest BCUT2D eigenvalue weighted by Gasteiger charge is 2.32. The number of fused-ring (bicyclic) bond motifs is 1. The molecule has 0 aliphatic heterocycles. The van der Waals surface area contributed by atoms with Gasteiger partial charge in [0.25, 0.3) is 0 Å². The van der Waals surface area contributed by atoms with Gasteiger partial charge in [0.15, 0.2) is 5.13 Å². The number of aromatic nitrogens is 2. The second-order valence-electron chi connectivity index (χ2n) is 4.52. The van der Waals surface area contributed by atoms with Crippen LogP contribution in [0.3, 0.4) is 0 Å². The van der Waals surface area contributed by atoms with Gasteiger partial charge in [-0.1, -0.05) is 0 Å². The topological polar surface area (TPSA) is 75.1 Å². The number of aryl methyl sites for hydroxylation is 2. The minimum absolute atomic E-state index is 0.447. The molecule has 1 aliphatic rings. The molecule has 2 N–H and O–H groups in total. The van der Waals surface area contributed by atoms with E-state index in [1.54, 1.807) is 6.20 Å². The molecule has 2 heterocycles. The lowest BCUT2D eigenvalue weighted by Gasteiger charge is -2.05. The fourth-order valence-corrected chi connectivity index (χ4v) is 3.30. The molecule has 1 unspecified atom stereocenters. The minimum Gasteiger partial charge on any atom is -0.481 e. The van der Waals surface area contributed by atoms with Crippen LogP contribution in [0.1, 0.15) is 28.6 Å². The predicted molar refractivity (Wildman–Crippen MR) is 73.1 cm³/mol. The molecule has 3 rings (SSSR count). The second kappa shape index (κ2) is 4.62. The van der Waals surface area contributed by atoms with Gasteiger partial charge in [0.1, 0.15) is 5.92 Å². The van der Waals surface area contributed by atoms with Crippen molar-refractivity contribution in [2.24, 2.45) is 0 Å². The van der Waals surface area contributed by atoms with Crippen molar-refractivity contribution in [3.63, 3.8) is 0 Å². The summed E-state index contributed by atoms with van der Waals surface area (Å²) in [6, 6.07) is 3.79. The number of hydrogen-bond donors (Lipinski definition) is 2. The highest BCUT2D eigenvalue weighted by Crippen LogP contribution is 2.39. The Labute approximate surface area is 114 Å². The fraction of sp³-hybridized carbons (Fsp3) is 0.308. The Balaban J connectivity index is 1.87. The molecule has 2 aromatic rings. The van der Waals surface area contributed by atoms with Crippen molar-refractivity contribution < 1.29 is 9.90 Å². The zero-order chi connectivity index (χ0) is 13.4. The molecule has 0 radical (unpaired) electrons. The standard InChI is InChI=1S/C13H13N3O2S/c1-7-9(3-2-6-14-7)15-13-16-11-8(12(17)18)4-5-10(11)19-13/h2-3,6,8H,4-5H2,1H3,(H,15,16)(H,17,18). The summed E-state index contributed by atoms with van der Waals surface area (Å²) in [6.45, 7) is 1.92. The zero-order valence-electron chi connectivity index (χ0n) is 10.4. The van der Waals surface area contributed by atoms with Crippen LogP contribution in [-0.2, 0) is 11.2 Å². The van der Waals surface area contributed by atoms with Crippen LogP contribution < -0.4 is 5.32 Å². The Morgan fingerprint density at radius 3 is 3.16 bits per heavy atom. The van der Waals surface area contributed by atoms with Gasteiger partial charge >= 0.3 is 5.97 Å². The van der Waals surface area contributed by atoms with E-state index in [9.17, 15) is 4.79 Å². The SMILES string of the molecule is Cc1ncccc1Nc1nc2c(s1)CCC2C(=O)O. The Kier molecular flexibility index (Phi) is 2.94. The lowest BCUT2D eigenvalue weighted by Crippen LogP contribution is -2.08. The van der Waals surface area contributed by atoms with Crippen molar-refractivity contribution in [1.82, 2.24) is 9.97 Å². The fourth-order valence-electron chi connectivity index (χ4n) is 2.25. The van der Waals surface area contributed by atoms with Gasteiger partial charge in [0, 0.05) is 11.1 Å². The second-order valence-corrected chi connectivity index (χ2v) is 5.60. The lowest BCUT2D eigenvalue weighted by atomic mass is 10.1. The summed E-state index contributed by atoms with van der Waals surface area (Å²) < 4.78 is 0. The largest absolute Gasteiger partial charge is 0.481 e. The Morgan fingerprint density at radius 1 is 1.58 bits per heavy atom. The first kappa shape index (κ1) is 12.1. The van der Waals surface area contributed by atoms with Crippen LogP contribution in [-0.4, -0.2) is 21.0 Å². The van der Waals surface area contributed by atoms with E-state index in [1.807, 2.05) is 19.1 Å². The molecule has 0 fully saturated rings. The van der Waals surface area contributed by atoms with Crippen LogP contribution in [0.5, 0.6) is 0 Å². The maximum atomic E-state index is 11.1. The summed E-state index contributed by atoms with van der Waals surface area (Å²) in [5.41, 5.74) is 2.52. The smallest absolute Gasteiger partial charge is 0.312 e. The van der Waals surface area contributed by atoms with E-state index in [-0.39, 0.29) is 0 Å². The van der Waals surface area contributed by atoms with Crippen molar-refractivity contribution in [3.8, 4) is 0 Å². The quantitative estimate of drug-likeness (QED) is 0.900. The molecular weight excluding hydrogens is 262 g/mol. The molecule has 6 heteroatoms. The molecule has 0 spiro atoms. The van der Waals surface area contributed by atoms with Crippen molar-refractivity contribution in [1.29, 1.82) is 0 Å². The van der Waals surface area contributed by atoms with E-state index in [0.717, 1.165) is 33.5 Å². The summed E-state index contributed by atoms with van der Waals surface area (Å²) >= 11 is 1.53. The van der Waals surface area contributed by atoms with Crippen LogP contribution in [0.25, 0.3) is 0 Å². The van der Waals surface area contributed by atoms with Crippen LogP contribution >= 0.6 is 11.3 Å². The molecule has 0 bridgehead atoms. The number of nitrogens with zero attached hydrogens (tertiary/aromatic N) is 2. The number of anilines is 2. The maximum Gasteiger partial charge on any atom is 0.312 e. The van der Waals surface area contributed by atoms with Gasteiger partial charge in [-0.25, -0.2) is 4.98 Å². The predicted octanol–water partition coefficient (Wildman–Crippen LogP) is 2.70. The number of carboxylic acid groups (broad SMARTS) is 1. The Hall–Kier alpha value is -1.95. The first-order chi connectivity index (χ1) is 9.15. The van der Waals surface area contributed by atoms with Crippen LogP contribution in [0, 0.1) is 6.92 Å². The third kappa shape index (κ3) is 2.19. The van der Waals surface area contributed by atoms with E-state index in [2.05, 4.69) is 15.3 Å². The highest BCUT2D eigenvalue weighted by molar-refractivity contribution is 7.15. The van der Waals surface area contributed by atoms with E-state index in [1.165, 1.54) is 11.3 Å². The molecule has 2 aromatic heterocycles. The molecule has 19 heavy (non-hydrogen) atoms. The number of aliphatic carboxylic acids is 1. The van der Waals surface area contributed by atoms with E-state index >= 15 is 0 Å². The normalized spacial score (nSPS) is 17.2. The van der Waals surface area contributed by atoms with Crippen molar-refractivity contribution in [2.45, 2.75) is 25.7 Å². The molecule has 1 aliphatic carbocycles. The minimum atomic E-state index is -0.784. The van der Waals surface area contributed by atoms with E-state index in [4.69, 9.17) is 5.11 Å². The molecule has 0 aromatic carbocycles. The first-order valence-electron chi connectivity index (χ1n) is 6.06. The average Bonchev–Trinajstić information content (AvgIpc) is 2.91. The van der Waals surface area contributed by atoms with Gasteiger partial charge in [-0.15, -0.1) is 11.3 Å². The van der Waals surface area contributed by atoms with E-state index in [0.29, 0.717) is 6.42 Å². The van der Waals surface area contributed by atoms with Crippen molar-refractivity contribution in [2.75, 3.05) is 5.32 Å². The van der Waals surface area contributed by atoms with Crippen LogP contribution in [0.4, 0.5) is 10.8 Å². The van der Waals surface area contributed by atoms with Crippen molar-refractivity contribution >= 4 is 28.1 Å². The van der Waals surface area contributed by atoms with Gasteiger partial charge in [0.2, 0.25) is 0 Å². The van der Waals surface area contributed by atoms with Gasteiger partial charge in [-0.05, 0) is 31.9 Å². The molecule has 0 amide bonds. The number of carboxylic acids is 1. The zero-order valence-corrected chi connectivity index (χ0v) is 11.2. The maximum absolute atomic E-state index is 11.1. The van der Waals surface area contributed by atoms with Gasteiger partial charge in [0.05, 0.1) is 17.1 Å². The summed E-state index contributed by atoms with van der Waals surface area (Å²) in [7, 11) is 0. The first-order valence-corrected chi connectivity index (χ1v) is 6.88. The number of carbonyl (C=O) groups is 1. The molecular formula is C13H13N3O2S. The van der Waals surface area contributed by atoms with E-state index < -0.39 is 11.9 Å². The van der Waals surface area contributed by atoms with Gasteiger partial charge in [-0.2, -0.15) is 0 Å². The van der Waals surface area contributed by atoms with Gasteiger partial charge < -0.3 is 10.4 Å². The van der Waals surface area contributed by atoms with Crippen molar-refractivity contribution in [3.05, 3.63) is 34.6 Å². The highest BCUT2D eigenvalue weighted by atomic mass is 32.1. The Morgan fingerprint density at radius 2 is 2.42 bits per heavy atom. The third-order valence-corrected chi connectivity index (χ3v) is 4.31. The van der Waals surface area contributed by atoms with Crippen LogP contribution in [0.2, 0.25) is 0 Å². The number of thiazole rings is 1. The number of rotatable bonds is 3. The summed E-state index contributed by atoms with van der Waals surface area (Å²) in [6.07, 6.45) is 3.20. The third-order valence-electron chi connectivity index (χ3n) is 3.26. The summed E-state index contributed by atoms with van der Waals surface area (Å²) in [5.74, 6) is -1.23. The molecule has 1 atom stereocenters. The Bertz CT molecular complexity index is 639. The monoisotopic (exact) mass is 275 g/mol. The number of pyridine rings is 1. The summed E-state index contributed by atoms with van der Waals surface area (Å²) in [5, 5.41) is 13.1. The molecule has 5 nitrogen and oxygen atoms in total. The lowest BCUT2D eigenvalue weighted by molar-refractivity contribution is -0.138. The average molecular weight is 275 g/mol.